The van der Waals surface area contributed by atoms with Gasteiger partial charge >= 0.3 is 5.97 Å². The number of hydrogen-bond donors (Lipinski definition) is 2. The van der Waals surface area contributed by atoms with Gasteiger partial charge in [-0.3, -0.25) is 4.79 Å². The van der Waals surface area contributed by atoms with Gasteiger partial charge in [0.05, 0.1) is 5.92 Å². The Kier molecular flexibility index (Phi) is 2.69. The number of carbonyl (C=O) groups is 2. The van der Waals surface area contributed by atoms with Gasteiger partial charge in [0.1, 0.15) is 17.9 Å². The average Bonchev–Trinajstić information content (AvgIpc) is 3.19. The Bertz CT molecular complexity index is 536. The molecule has 1 aromatic carbocycles. The van der Waals surface area contributed by atoms with E-state index in [1.165, 1.54) is 0 Å². The molecule has 0 aromatic heterocycles. The average molecular weight is 261 g/mol. The van der Waals surface area contributed by atoms with Gasteiger partial charge < -0.3 is 15.2 Å². The van der Waals surface area contributed by atoms with Crippen molar-refractivity contribution in [3.05, 3.63) is 29.8 Å². The van der Waals surface area contributed by atoms with Crippen LogP contribution in [0, 0.1) is 5.92 Å². The SMILES string of the molecule is O=C(NC1(C(=O)O)CC1)C1COc2ccccc2C1. The van der Waals surface area contributed by atoms with Crippen molar-refractivity contribution in [3.8, 4) is 5.75 Å². The molecule has 19 heavy (non-hydrogen) atoms. The van der Waals surface area contributed by atoms with Crippen molar-refractivity contribution in [2.75, 3.05) is 6.61 Å². The topological polar surface area (TPSA) is 75.6 Å². The van der Waals surface area contributed by atoms with Crippen LogP contribution in [-0.4, -0.2) is 29.1 Å². The summed E-state index contributed by atoms with van der Waals surface area (Å²) in [6.07, 6.45) is 1.62. The Balaban J connectivity index is 1.68. The molecule has 100 valence electrons. The van der Waals surface area contributed by atoms with E-state index in [-0.39, 0.29) is 11.8 Å². The fraction of sp³-hybridized carbons (Fsp3) is 0.429. The van der Waals surface area contributed by atoms with Crippen molar-refractivity contribution in [2.24, 2.45) is 5.92 Å². The summed E-state index contributed by atoms with van der Waals surface area (Å²) in [6.45, 7) is 0.304. The lowest BCUT2D eigenvalue weighted by molar-refractivity contribution is -0.144. The fourth-order valence-electron chi connectivity index (χ4n) is 2.35. The molecule has 0 radical (unpaired) electrons. The molecule has 1 aliphatic carbocycles. The first-order valence-corrected chi connectivity index (χ1v) is 6.37. The maximum Gasteiger partial charge on any atom is 0.329 e. The van der Waals surface area contributed by atoms with Crippen molar-refractivity contribution < 1.29 is 19.4 Å². The van der Waals surface area contributed by atoms with Crippen molar-refractivity contribution >= 4 is 11.9 Å². The number of carbonyl (C=O) groups excluding carboxylic acids is 1. The largest absolute Gasteiger partial charge is 0.492 e. The number of para-hydroxylation sites is 1. The number of carboxylic acids is 1. The summed E-state index contributed by atoms with van der Waals surface area (Å²) in [4.78, 5) is 23.2. The molecule has 5 nitrogen and oxygen atoms in total. The first kappa shape index (κ1) is 12.0. The van der Waals surface area contributed by atoms with Crippen molar-refractivity contribution in [1.29, 1.82) is 0 Å². The molecule has 1 aromatic rings. The second kappa shape index (κ2) is 4.26. The Morgan fingerprint density at radius 1 is 1.32 bits per heavy atom. The number of aliphatic carboxylic acids is 1. The summed E-state index contributed by atoms with van der Waals surface area (Å²) < 4.78 is 5.54. The highest BCUT2D eigenvalue weighted by atomic mass is 16.5. The number of fused-ring (bicyclic) bond motifs is 1. The van der Waals surface area contributed by atoms with E-state index in [0.717, 1.165) is 11.3 Å². The molecule has 0 bridgehead atoms. The van der Waals surface area contributed by atoms with Crippen LogP contribution in [0.25, 0.3) is 0 Å². The molecule has 3 rings (SSSR count). The van der Waals surface area contributed by atoms with E-state index in [1.54, 1.807) is 0 Å². The molecule has 1 unspecified atom stereocenters. The van der Waals surface area contributed by atoms with Crippen molar-refractivity contribution in [2.45, 2.75) is 24.8 Å². The number of hydrogen-bond acceptors (Lipinski definition) is 3. The van der Waals surface area contributed by atoms with Gasteiger partial charge in [-0.15, -0.1) is 0 Å². The molecular weight excluding hydrogens is 246 g/mol. The predicted molar refractivity (Wildman–Crippen MR) is 66.9 cm³/mol. The fourth-order valence-corrected chi connectivity index (χ4v) is 2.35. The summed E-state index contributed by atoms with van der Waals surface area (Å²) in [5.41, 5.74) is -0.0253. The van der Waals surface area contributed by atoms with Crippen LogP contribution in [0.15, 0.2) is 24.3 Å². The molecular formula is C14H15NO4. The van der Waals surface area contributed by atoms with Gasteiger partial charge in [-0.2, -0.15) is 0 Å². The van der Waals surface area contributed by atoms with E-state index in [2.05, 4.69) is 5.32 Å². The number of ether oxygens (including phenoxy) is 1. The van der Waals surface area contributed by atoms with Crippen LogP contribution in [0.2, 0.25) is 0 Å². The lowest BCUT2D eigenvalue weighted by atomic mass is 9.95. The molecule has 5 heteroatoms. The highest BCUT2D eigenvalue weighted by molar-refractivity contribution is 5.90. The Labute approximate surface area is 110 Å². The van der Waals surface area contributed by atoms with Crippen LogP contribution in [0.4, 0.5) is 0 Å². The van der Waals surface area contributed by atoms with E-state index in [9.17, 15) is 9.59 Å². The zero-order valence-corrected chi connectivity index (χ0v) is 10.4. The first-order chi connectivity index (χ1) is 9.11. The monoisotopic (exact) mass is 261 g/mol. The Morgan fingerprint density at radius 3 is 2.74 bits per heavy atom. The minimum Gasteiger partial charge on any atom is -0.492 e. The molecule has 0 saturated heterocycles. The molecule has 1 saturated carbocycles. The maximum atomic E-state index is 12.1. The summed E-state index contributed by atoms with van der Waals surface area (Å²) in [6, 6.07) is 7.60. The van der Waals surface area contributed by atoms with Gasteiger partial charge in [-0.1, -0.05) is 18.2 Å². The third kappa shape index (κ3) is 2.16. The third-order valence-corrected chi connectivity index (χ3v) is 3.77. The van der Waals surface area contributed by atoms with Crippen LogP contribution >= 0.6 is 0 Å². The van der Waals surface area contributed by atoms with Crippen LogP contribution in [0.3, 0.4) is 0 Å². The minimum atomic E-state index is -1.02. The van der Waals surface area contributed by atoms with Crippen molar-refractivity contribution in [1.82, 2.24) is 5.32 Å². The van der Waals surface area contributed by atoms with E-state index < -0.39 is 11.5 Å². The molecule has 1 aliphatic heterocycles. The number of nitrogens with one attached hydrogen (secondary N) is 1. The summed E-state index contributed by atoms with van der Waals surface area (Å²) in [5.74, 6) is -0.676. The highest BCUT2D eigenvalue weighted by Gasteiger charge is 2.52. The second-order valence-corrected chi connectivity index (χ2v) is 5.20. The molecule has 1 amide bonds. The van der Waals surface area contributed by atoms with Crippen LogP contribution in [-0.2, 0) is 16.0 Å². The molecule has 1 atom stereocenters. The quantitative estimate of drug-likeness (QED) is 0.850. The van der Waals surface area contributed by atoms with E-state index >= 15 is 0 Å². The molecule has 1 heterocycles. The summed E-state index contributed by atoms with van der Waals surface area (Å²) in [5, 5.41) is 11.7. The Hall–Kier alpha value is -2.04. The van der Waals surface area contributed by atoms with E-state index in [0.29, 0.717) is 25.9 Å². The van der Waals surface area contributed by atoms with Crippen LogP contribution < -0.4 is 10.1 Å². The number of amides is 1. The van der Waals surface area contributed by atoms with E-state index in [1.807, 2.05) is 24.3 Å². The van der Waals surface area contributed by atoms with Crippen molar-refractivity contribution in [3.63, 3.8) is 0 Å². The Morgan fingerprint density at radius 2 is 2.05 bits per heavy atom. The number of benzene rings is 1. The lowest BCUT2D eigenvalue weighted by Gasteiger charge is -2.25. The number of rotatable bonds is 3. The van der Waals surface area contributed by atoms with Gasteiger partial charge in [-0.05, 0) is 30.9 Å². The van der Waals surface area contributed by atoms with Gasteiger partial charge in [-0.25, -0.2) is 4.79 Å². The molecule has 1 fully saturated rings. The third-order valence-electron chi connectivity index (χ3n) is 3.77. The standard InChI is InChI=1S/C14H15NO4/c16-12(15-14(5-6-14)13(17)18)10-7-9-3-1-2-4-11(9)19-8-10/h1-4,10H,5-8H2,(H,15,16)(H,17,18). The zero-order chi connectivity index (χ0) is 13.5. The lowest BCUT2D eigenvalue weighted by Crippen LogP contribution is -2.47. The van der Waals surface area contributed by atoms with Crippen LogP contribution in [0.1, 0.15) is 18.4 Å². The first-order valence-electron chi connectivity index (χ1n) is 6.37. The smallest absolute Gasteiger partial charge is 0.329 e. The second-order valence-electron chi connectivity index (χ2n) is 5.20. The minimum absolute atomic E-state index is 0.227. The van der Waals surface area contributed by atoms with Crippen LogP contribution in [0.5, 0.6) is 5.75 Å². The summed E-state index contributed by atoms with van der Waals surface area (Å²) in [7, 11) is 0. The normalized spacial score (nSPS) is 22.8. The van der Waals surface area contributed by atoms with E-state index in [4.69, 9.17) is 9.84 Å². The maximum absolute atomic E-state index is 12.1. The summed E-state index contributed by atoms with van der Waals surface area (Å²) >= 11 is 0. The van der Waals surface area contributed by atoms with Gasteiger partial charge in [0.2, 0.25) is 5.91 Å². The van der Waals surface area contributed by atoms with Gasteiger partial charge in [0, 0.05) is 0 Å². The molecule has 0 spiro atoms. The highest BCUT2D eigenvalue weighted by Crippen LogP contribution is 2.36. The molecule has 2 aliphatic rings. The van der Waals surface area contributed by atoms with Gasteiger partial charge in [0.25, 0.3) is 0 Å². The molecule has 2 N–H and O–H groups in total. The van der Waals surface area contributed by atoms with Gasteiger partial charge in [0.15, 0.2) is 0 Å². The number of carboxylic acid groups (broad SMARTS) is 1. The zero-order valence-electron chi connectivity index (χ0n) is 10.4. The predicted octanol–water partition coefficient (Wildman–Crippen LogP) is 0.971.